The number of rotatable bonds is 0. The number of H-pyrrole nitrogens is 1. The van der Waals surface area contributed by atoms with E-state index in [2.05, 4.69) is 44.0 Å². The molecule has 0 radical (unpaired) electrons. The summed E-state index contributed by atoms with van der Waals surface area (Å²) in [6.45, 7) is 6.93. The SMILES string of the molecule is CC(C)(C)c1ccc2[nH]c3c(c2c1)CC[C@H]1CCCC[C@H]31. The first-order valence-corrected chi connectivity index (χ1v) is 8.69. The summed E-state index contributed by atoms with van der Waals surface area (Å²) in [5, 5.41) is 1.50. The van der Waals surface area contributed by atoms with Crippen LogP contribution >= 0.6 is 0 Å². The Balaban J connectivity index is 1.85. The van der Waals surface area contributed by atoms with Gasteiger partial charge >= 0.3 is 0 Å². The van der Waals surface area contributed by atoms with Crippen molar-refractivity contribution in [2.24, 2.45) is 5.92 Å². The minimum absolute atomic E-state index is 0.236. The maximum Gasteiger partial charge on any atom is 0.0459 e. The molecule has 0 aliphatic heterocycles. The van der Waals surface area contributed by atoms with Gasteiger partial charge in [0.15, 0.2) is 0 Å². The van der Waals surface area contributed by atoms with Crippen molar-refractivity contribution in [2.75, 3.05) is 0 Å². The Morgan fingerprint density at radius 2 is 1.86 bits per heavy atom. The van der Waals surface area contributed by atoms with Crippen molar-refractivity contribution >= 4 is 10.9 Å². The van der Waals surface area contributed by atoms with E-state index in [0.717, 1.165) is 11.8 Å². The summed E-state index contributed by atoms with van der Waals surface area (Å²) in [5.41, 5.74) is 6.29. The fourth-order valence-corrected chi connectivity index (χ4v) is 4.58. The minimum atomic E-state index is 0.236. The summed E-state index contributed by atoms with van der Waals surface area (Å²) >= 11 is 0. The molecule has 0 bridgehead atoms. The smallest absolute Gasteiger partial charge is 0.0459 e. The maximum atomic E-state index is 3.79. The lowest BCUT2D eigenvalue weighted by atomic mass is 9.70. The van der Waals surface area contributed by atoms with Gasteiger partial charge in [-0.1, -0.05) is 39.7 Å². The van der Waals surface area contributed by atoms with Crippen molar-refractivity contribution in [1.29, 1.82) is 0 Å². The van der Waals surface area contributed by atoms with E-state index < -0.39 is 0 Å². The number of aromatic nitrogens is 1. The highest BCUT2D eigenvalue weighted by Gasteiger charge is 2.33. The topological polar surface area (TPSA) is 15.8 Å². The monoisotopic (exact) mass is 281 g/mol. The van der Waals surface area contributed by atoms with Crippen LogP contribution in [0.5, 0.6) is 0 Å². The van der Waals surface area contributed by atoms with Crippen LogP contribution in [0.4, 0.5) is 0 Å². The second-order valence-electron chi connectivity index (χ2n) is 8.22. The first-order valence-electron chi connectivity index (χ1n) is 8.69. The summed E-state index contributed by atoms with van der Waals surface area (Å²) in [4.78, 5) is 3.79. The highest BCUT2D eigenvalue weighted by molar-refractivity contribution is 5.86. The standard InChI is InChI=1S/C20H27N/c1-20(2,3)14-9-11-18-17(12-14)16-10-8-13-6-4-5-7-15(13)19(16)21-18/h9,11-13,15,21H,4-8,10H2,1-3H3/t13-,15+/m1/s1. The van der Waals surface area contributed by atoms with Crippen LogP contribution in [-0.2, 0) is 11.8 Å². The van der Waals surface area contributed by atoms with Gasteiger partial charge in [-0.05, 0) is 60.3 Å². The molecule has 0 amide bonds. The Morgan fingerprint density at radius 3 is 2.67 bits per heavy atom. The molecule has 112 valence electrons. The number of hydrogen-bond donors (Lipinski definition) is 1. The lowest BCUT2D eigenvalue weighted by Crippen LogP contribution is -2.23. The largest absolute Gasteiger partial charge is 0.358 e. The van der Waals surface area contributed by atoms with Crippen molar-refractivity contribution in [2.45, 2.75) is 70.6 Å². The number of nitrogens with one attached hydrogen (secondary N) is 1. The van der Waals surface area contributed by atoms with Gasteiger partial charge in [0.1, 0.15) is 0 Å². The molecule has 2 aliphatic carbocycles. The Kier molecular flexibility index (Phi) is 2.96. The summed E-state index contributed by atoms with van der Waals surface area (Å²) in [5.74, 6) is 1.76. The van der Waals surface area contributed by atoms with Gasteiger partial charge in [-0.15, -0.1) is 0 Å². The summed E-state index contributed by atoms with van der Waals surface area (Å²) < 4.78 is 0. The molecule has 1 N–H and O–H groups in total. The lowest BCUT2D eigenvalue weighted by molar-refractivity contribution is 0.272. The van der Waals surface area contributed by atoms with Gasteiger partial charge in [0.25, 0.3) is 0 Å². The second-order valence-corrected chi connectivity index (χ2v) is 8.22. The molecule has 21 heavy (non-hydrogen) atoms. The number of aryl methyl sites for hydroxylation is 1. The van der Waals surface area contributed by atoms with Crippen molar-refractivity contribution < 1.29 is 0 Å². The highest BCUT2D eigenvalue weighted by atomic mass is 14.7. The molecule has 0 saturated heterocycles. The van der Waals surface area contributed by atoms with E-state index in [-0.39, 0.29) is 5.41 Å². The number of benzene rings is 1. The van der Waals surface area contributed by atoms with Gasteiger partial charge in [0.05, 0.1) is 0 Å². The summed E-state index contributed by atoms with van der Waals surface area (Å²) in [6, 6.07) is 7.07. The first kappa shape index (κ1) is 13.4. The second kappa shape index (κ2) is 4.63. The Bertz CT molecular complexity index is 671. The molecule has 0 unspecified atom stereocenters. The number of hydrogen-bond acceptors (Lipinski definition) is 0. The van der Waals surface area contributed by atoms with Crippen molar-refractivity contribution in [1.82, 2.24) is 4.98 Å². The van der Waals surface area contributed by atoms with Gasteiger partial charge in [-0.2, -0.15) is 0 Å². The quantitative estimate of drug-likeness (QED) is 0.639. The minimum Gasteiger partial charge on any atom is -0.358 e. The fraction of sp³-hybridized carbons (Fsp3) is 0.600. The fourth-order valence-electron chi connectivity index (χ4n) is 4.58. The molecule has 4 rings (SSSR count). The zero-order valence-electron chi connectivity index (χ0n) is 13.6. The predicted molar refractivity (Wildman–Crippen MR) is 90.0 cm³/mol. The molecule has 1 saturated carbocycles. The third-order valence-electron chi connectivity index (χ3n) is 5.85. The average Bonchev–Trinajstić information content (AvgIpc) is 2.84. The molecule has 1 heteroatoms. The van der Waals surface area contributed by atoms with Gasteiger partial charge in [0, 0.05) is 22.5 Å². The number of aromatic amines is 1. The van der Waals surface area contributed by atoms with Crippen LogP contribution in [0.2, 0.25) is 0 Å². The van der Waals surface area contributed by atoms with Crippen molar-refractivity contribution in [3.8, 4) is 0 Å². The molecule has 2 aliphatic rings. The Labute approximate surface area is 128 Å². The van der Waals surface area contributed by atoms with E-state index in [9.17, 15) is 0 Å². The molecule has 1 fully saturated rings. The molecule has 0 spiro atoms. The summed E-state index contributed by atoms with van der Waals surface area (Å²) in [7, 11) is 0. The zero-order chi connectivity index (χ0) is 14.6. The van der Waals surface area contributed by atoms with E-state index in [0.29, 0.717) is 0 Å². The molecule has 1 aromatic heterocycles. The lowest BCUT2D eigenvalue weighted by Gasteiger charge is -2.35. The van der Waals surface area contributed by atoms with Gasteiger partial charge < -0.3 is 4.98 Å². The molecule has 1 aromatic carbocycles. The van der Waals surface area contributed by atoms with Crippen molar-refractivity contribution in [3.05, 3.63) is 35.0 Å². The molecular formula is C20H27N. The van der Waals surface area contributed by atoms with Crippen LogP contribution in [0.25, 0.3) is 10.9 Å². The van der Waals surface area contributed by atoms with Gasteiger partial charge in [0.2, 0.25) is 0 Å². The summed E-state index contributed by atoms with van der Waals surface area (Å²) in [6.07, 6.45) is 8.41. The van der Waals surface area contributed by atoms with E-state index >= 15 is 0 Å². The Morgan fingerprint density at radius 1 is 1.05 bits per heavy atom. The molecule has 1 nitrogen and oxygen atoms in total. The molecule has 1 heterocycles. The third kappa shape index (κ3) is 2.13. The van der Waals surface area contributed by atoms with Crippen LogP contribution in [0.15, 0.2) is 18.2 Å². The third-order valence-corrected chi connectivity index (χ3v) is 5.85. The van der Waals surface area contributed by atoms with Gasteiger partial charge in [-0.25, -0.2) is 0 Å². The van der Waals surface area contributed by atoms with E-state index in [1.54, 1.807) is 11.3 Å². The van der Waals surface area contributed by atoms with Crippen molar-refractivity contribution in [3.63, 3.8) is 0 Å². The predicted octanol–water partition coefficient (Wildman–Crippen LogP) is 5.69. The molecule has 2 atom stereocenters. The zero-order valence-corrected chi connectivity index (χ0v) is 13.6. The van der Waals surface area contributed by atoms with E-state index in [1.807, 2.05) is 0 Å². The molecular weight excluding hydrogens is 254 g/mol. The van der Waals surface area contributed by atoms with E-state index in [4.69, 9.17) is 0 Å². The van der Waals surface area contributed by atoms with Crippen LogP contribution in [0, 0.1) is 5.92 Å². The maximum absolute atomic E-state index is 3.79. The Hall–Kier alpha value is -1.24. The highest BCUT2D eigenvalue weighted by Crippen LogP contribution is 2.46. The van der Waals surface area contributed by atoms with Crippen LogP contribution < -0.4 is 0 Å². The average molecular weight is 281 g/mol. The van der Waals surface area contributed by atoms with Gasteiger partial charge in [-0.3, -0.25) is 0 Å². The molecule has 2 aromatic rings. The first-order chi connectivity index (χ1) is 10.0. The number of fused-ring (bicyclic) bond motifs is 5. The van der Waals surface area contributed by atoms with Crippen LogP contribution in [0.3, 0.4) is 0 Å². The normalized spacial score (nSPS) is 25.7. The van der Waals surface area contributed by atoms with Crippen LogP contribution in [0.1, 0.15) is 75.6 Å². The van der Waals surface area contributed by atoms with Crippen LogP contribution in [-0.4, -0.2) is 4.98 Å². The van der Waals surface area contributed by atoms with E-state index in [1.165, 1.54) is 55.0 Å².